The second-order valence-electron chi connectivity index (χ2n) is 18.4. The van der Waals surface area contributed by atoms with Gasteiger partial charge < -0.3 is 20.3 Å². The van der Waals surface area contributed by atoms with Gasteiger partial charge in [0.15, 0.2) is 0 Å². The van der Waals surface area contributed by atoms with E-state index in [1.807, 2.05) is 0 Å². The second-order valence-corrected chi connectivity index (χ2v) is 18.4. The third-order valence-corrected chi connectivity index (χ3v) is 12.3. The van der Waals surface area contributed by atoms with E-state index in [9.17, 15) is 19.8 Å². The minimum absolute atomic E-state index is 0.0540. The number of nitrogens with one attached hydrogen (secondary N) is 1. The molecule has 0 bridgehead atoms. The van der Waals surface area contributed by atoms with Gasteiger partial charge in [-0.25, -0.2) is 0 Å². The molecule has 6 nitrogen and oxygen atoms in total. The van der Waals surface area contributed by atoms with Crippen LogP contribution in [0.3, 0.4) is 0 Å². The Labute approximate surface area is 385 Å². The highest BCUT2D eigenvalue weighted by molar-refractivity contribution is 5.77. The van der Waals surface area contributed by atoms with Gasteiger partial charge in [0.1, 0.15) is 6.10 Å². The molecule has 6 heteroatoms. The van der Waals surface area contributed by atoms with Gasteiger partial charge in [-0.15, -0.1) is 0 Å². The topological polar surface area (TPSA) is 95.9 Å². The maximum absolute atomic E-state index is 13.2. The molecule has 0 aliphatic rings. The van der Waals surface area contributed by atoms with Gasteiger partial charge in [0.25, 0.3) is 0 Å². The van der Waals surface area contributed by atoms with Crippen molar-refractivity contribution in [1.29, 1.82) is 0 Å². The Bertz CT molecular complexity index is 1070. The molecule has 0 aromatic carbocycles. The van der Waals surface area contributed by atoms with E-state index < -0.39 is 18.2 Å². The van der Waals surface area contributed by atoms with E-state index in [1.165, 1.54) is 154 Å². The average Bonchev–Trinajstić information content (AvgIpc) is 3.26. The quantitative estimate of drug-likeness (QED) is 0.0322. The van der Waals surface area contributed by atoms with Gasteiger partial charge in [-0.3, -0.25) is 9.59 Å². The average molecular weight is 870 g/mol. The third-order valence-electron chi connectivity index (χ3n) is 12.3. The number of hydrogen-bond donors (Lipinski definition) is 3. The number of carbonyl (C=O) groups is 2. The summed E-state index contributed by atoms with van der Waals surface area (Å²) in [7, 11) is 0. The fourth-order valence-electron chi connectivity index (χ4n) is 8.15. The highest BCUT2D eigenvalue weighted by Gasteiger charge is 2.24. The lowest BCUT2D eigenvalue weighted by Crippen LogP contribution is -2.46. The summed E-state index contributed by atoms with van der Waals surface area (Å²) in [5, 5.41) is 23.7. The molecule has 362 valence electrons. The molecule has 3 atom stereocenters. The Hall–Kier alpha value is -2.18. The molecule has 0 rings (SSSR count). The Balaban J connectivity index is 4.62. The van der Waals surface area contributed by atoms with Gasteiger partial charge >= 0.3 is 5.97 Å². The van der Waals surface area contributed by atoms with Crippen molar-refractivity contribution in [1.82, 2.24) is 5.32 Å². The predicted molar refractivity (Wildman–Crippen MR) is 269 cm³/mol. The van der Waals surface area contributed by atoms with Crippen molar-refractivity contribution in [2.45, 2.75) is 289 Å². The third kappa shape index (κ3) is 44.4. The summed E-state index contributed by atoms with van der Waals surface area (Å²) in [6, 6.07) is -0.712. The summed E-state index contributed by atoms with van der Waals surface area (Å²) in [4.78, 5) is 26.2. The molecule has 0 radical (unpaired) electrons. The fraction of sp³-hybridized carbons (Fsp3) is 0.821. The maximum atomic E-state index is 13.2. The van der Waals surface area contributed by atoms with E-state index in [4.69, 9.17) is 4.74 Å². The molecular weight excluding hydrogens is 767 g/mol. The zero-order chi connectivity index (χ0) is 45.2. The Morgan fingerprint density at radius 1 is 0.468 bits per heavy atom. The van der Waals surface area contributed by atoms with E-state index in [0.29, 0.717) is 19.3 Å². The highest BCUT2D eigenvalue weighted by Crippen LogP contribution is 2.18. The first-order chi connectivity index (χ1) is 30.5. The molecular formula is C56H103NO5. The zero-order valence-electron chi connectivity index (χ0n) is 41.3. The van der Waals surface area contributed by atoms with E-state index in [2.05, 4.69) is 74.7 Å². The van der Waals surface area contributed by atoms with Crippen molar-refractivity contribution in [2.75, 3.05) is 6.61 Å². The van der Waals surface area contributed by atoms with Crippen LogP contribution in [0.25, 0.3) is 0 Å². The standard InChI is InChI=1S/C56H103NO5/c1-4-7-10-13-16-19-22-24-26-28-30-32-34-37-40-43-46-49-56(61)62-52(47-44-41-38-35-33-31-29-27-25-23-20-17-14-11-8-5-2)50-55(60)57-53(51-58)54(59)48-45-42-39-36-21-18-15-12-9-6-3/h17,20,23,25,27,29,31,33,52-54,58-59H,4-16,18-19,21-22,24,26,28,30,32,34-51H2,1-3H3,(H,57,60)/b20-17+,25-23+,29-27+,33-31+. The van der Waals surface area contributed by atoms with E-state index in [1.54, 1.807) is 0 Å². The van der Waals surface area contributed by atoms with Gasteiger partial charge in [0.2, 0.25) is 5.91 Å². The number of unbranched alkanes of at least 4 members (excludes halogenated alkanes) is 31. The first kappa shape index (κ1) is 59.8. The van der Waals surface area contributed by atoms with Crippen molar-refractivity contribution < 1.29 is 24.5 Å². The summed E-state index contributed by atoms with van der Waals surface area (Å²) < 4.78 is 5.93. The minimum Gasteiger partial charge on any atom is -0.462 e. The summed E-state index contributed by atoms with van der Waals surface area (Å²) in [6.07, 6.45) is 60.3. The van der Waals surface area contributed by atoms with Crippen molar-refractivity contribution in [3.8, 4) is 0 Å². The molecule has 0 spiro atoms. The van der Waals surface area contributed by atoms with Gasteiger partial charge in [-0.2, -0.15) is 0 Å². The molecule has 62 heavy (non-hydrogen) atoms. The first-order valence-corrected chi connectivity index (χ1v) is 26.9. The molecule has 0 aliphatic heterocycles. The number of aliphatic hydroxyl groups is 2. The summed E-state index contributed by atoms with van der Waals surface area (Å²) in [6.45, 7) is 6.44. The van der Waals surface area contributed by atoms with Crippen LogP contribution in [0.1, 0.15) is 271 Å². The lowest BCUT2D eigenvalue weighted by molar-refractivity contribution is -0.151. The number of ether oxygens (including phenoxy) is 1. The predicted octanol–water partition coefficient (Wildman–Crippen LogP) is 16.2. The van der Waals surface area contributed by atoms with E-state index in [-0.39, 0.29) is 24.9 Å². The summed E-state index contributed by atoms with van der Waals surface area (Å²) in [5.41, 5.74) is 0. The van der Waals surface area contributed by atoms with E-state index in [0.717, 1.165) is 70.6 Å². The highest BCUT2D eigenvalue weighted by atomic mass is 16.5. The van der Waals surface area contributed by atoms with Crippen LogP contribution in [0, 0.1) is 0 Å². The van der Waals surface area contributed by atoms with E-state index >= 15 is 0 Å². The Morgan fingerprint density at radius 3 is 1.27 bits per heavy atom. The molecule has 1 amide bonds. The molecule has 0 aromatic heterocycles. The minimum atomic E-state index is -0.796. The molecule has 0 saturated carbocycles. The smallest absolute Gasteiger partial charge is 0.306 e. The number of aliphatic hydroxyl groups excluding tert-OH is 2. The first-order valence-electron chi connectivity index (χ1n) is 26.9. The van der Waals surface area contributed by atoms with Gasteiger partial charge in [0, 0.05) is 6.42 Å². The second kappa shape index (κ2) is 49.8. The van der Waals surface area contributed by atoms with Gasteiger partial charge in [-0.1, -0.05) is 256 Å². The van der Waals surface area contributed by atoms with Crippen molar-refractivity contribution >= 4 is 11.9 Å². The lowest BCUT2D eigenvalue weighted by Gasteiger charge is -2.24. The van der Waals surface area contributed by atoms with Crippen molar-refractivity contribution in [3.63, 3.8) is 0 Å². The fourth-order valence-corrected chi connectivity index (χ4v) is 8.15. The normalized spacial score (nSPS) is 13.6. The van der Waals surface area contributed by atoms with Crippen LogP contribution in [0.15, 0.2) is 48.6 Å². The van der Waals surface area contributed by atoms with Crippen LogP contribution in [-0.2, 0) is 14.3 Å². The molecule has 0 fully saturated rings. The van der Waals surface area contributed by atoms with Crippen LogP contribution in [0.2, 0.25) is 0 Å². The summed E-state index contributed by atoms with van der Waals surface area (Å²) >= 11 is 0. The SMILES string of the molecule is CCCCC/C=C/C=C/C=C/C=C/CCCCCC(CC(=O)NC(CO)C(O)CCCCCCCCCCCC)OC(=O)CCCCCCCCCCCCCCCCCCC. The lowest BCUT2D eigenvalue weighted by atomic mass is 10.0. The van der Waals surface area contributed by atoms with Gasteiger partial charge in [0.05, 0.1) is 25.2 Å². The molecule has 0 aliphatic carbocycles. The summed E-state index contributed by atoms with van der Waals surface area (Å²) in [5.74, 6) is -0.503. The monoisotopic (exact) mass is 870 g/mol. The molecule has 3 N–H and O–H groups in total. The molecule has 0 heterocycles. The zero-order valence-corrected chi connectivity index (χ0v) is 41.3. The number of carbonyl (C=O) groups excluding carboxylic acids is 2. The molecule has 0 aromatic rings. The number of esters is 1. The molecule has 0 saturated heterocycles. The Kier molecular flexibility index (Phi) is 48.1. The van der Waals surface area contributed by atoms with Crippen LogP contribution in [-0.4, -0.2) is 46.9 Å². The number of hydrogen-bond acceptors (Lipinski definition) is 5. The largest absolute Gasteiger partial charge is 0.462 e. The van der Waals surface area contributed by atoms with Crippen molar-refractivity contribution in [2.24, 2.45) is 0 Å². The van der Waals surface area contributed by atoms with Gasteiger partial charge in [-0.05, 0) is 51.4 Å². The number of allylic oxidation sites excluding steroid dienone is 8. The van der Waals surface area contributed by atoms with Crippen LogP contribution in [0.4, 0.5) is 0 Å². The number of amides is 1. The molecule has 3 unspecified atom stereocenters. The number of rotatable bonds is 48. The maximum Gasteiger partial charge on any atom is 0.306 e. The Morgan fingerprint density at radius 2 is 0.823 bits per heavy atom. The van der Waals surface area contributed by atoms with Crippen LogP contribution >= 0.6 is 0 Å². The van der Waals surface area contributed by atoms with Crippen LogP contribution < -0.4 is 5.32 Å². The van der Waals surface area contributed by atoms with Crippen molar-refractivity contribution in [3.05, 3.63) is 48.6 Å². The van der Waals surface area contributed by atoms with Crippen LogP contribution in [0.5, 0.6) is 0 Å².